The van der Waals surface area contributed by atoms with Crippen LogP contribution in [0.25, 0.3) is 11.3 Å². The minimum atomic E-state index is -0.792. The predicted octanol–water partition coefficient (Wildman–Crippen LogP) is 2.90. The Kier molecular flexibility index (Phi) is 5.14. The van der Waals surface area contributed by atoms with Crippen LogP contribution in [0.2, 0.25) is 0 Å². The van der Waals surface area contributed by atoms with Crippen LogP contribution in [0, 0.1) is 0 Å². The molecule has 1 atom stereocenters. The van der Waals surface area contributed by atoms with Crippen LogP contribution in [0.15, 0.2) is 59.4 Å². The first kappa shape index (κ1) is 19.5. The molecule has 1 amide bonds. The fraction of sp³-hybridized carbons (Fsp3) is 0.227. The summed E-state index contributed by atoms with van der Waals surface area (Å²) in [5.74, 6) is 0.962. The molecule has 2 aromatic carbocycles. The van der Waals surface area contributed by atoms with Crippen molar-refractivity contribution >= 4 is 17.3 Å². The second kappa shape index (κ2) is 7.90. The Morgan fingerprint density at radius 2 is 1.80 bits per heavy atom. The number of ether oxygens (including phenoxy) is 2. The van der Waals surface area contributed by atoms with E-state index in [0.717, 1.165) is 11.3 Å². The maximum atomic E-state index is 12.7. The number of hydrogen-bond acceptors (Lipinski definition) is 6. The molecule has 0 bridgehead atoms. The van der Waals surface area contributed by atoms with Gasteiger partial charge < -0.3 is 19.7 Å². The third-order valence-electron chi connectivity index (χ3n) is 4.89. The second-order valence-electron chi connectivity index (χ2n) is 7.18. The van der Waals surface area contributed by atoms with Crippen molar-refractivity contribution in [2.24, 2.45) is 0 Å². The van der Waals surface area contributed by atoms with Crippen molar-refractivity contribution < 1.29 is 14.3 Å². The zero-order valence-corrected chi connectivity index (χ0v) is 17.0. The van der Waals surface area contributed by atoms with Crippen LogP contribution in [0.3, 0.4) is 0 Å². The third kappa shape index (κ3) is 3.84. The number of anilines is 2. The van der Waals surface area contributed by atoms with E-state index in [9.17, 15) is 9.59 Å². The van der Waals surface area contributed by atoms with Crippen LogP contribution in [-0.2, 0) is 4.79 Å². The summed E-state index contributed by atoms with van der Waals surface area (Å²) in [6.45, 7) is 1.82. The highest BCUT2D eigenvalue weighted by Gasteiger charge is 2.19. The molecule has 1 N–H and O–H groups in total. The van der Waals surface area contributed by atoms with Crippen LogP contribution in [0.4, 0.5) is 11.4 Å². The molecule has 8 heteroatoms. The van der Waals surface area contributed by atoms with Gasteiger partial charge in [0, 0.05) is 37.1 Å². The van der Waals surface area contributed by atoms with Crippen molar-refractivity contribution in [1.82, 2.24) is 9.78 Å². The average Bonchev–Trinajstić information content (AvgIpc) is 3.22. The van der Waals surface area contributed by atoms with E-state index in [4.69, 9.17) is 9.47 Å². The molecule has 1 aromatic heterocycles. The van der Waals surface area contributed by atoms with E-state index >= 15 is 0 Å². The van der Waals surface area contributed by atoms with Gasteiger partial charge in [0.1, 0.15) is 6.04 Å². The molecule has 1 unspecified atom stereocenters. The van der Waals surface area contributed by atoms with Gasteiger partial charge in [0.2, 0.25) is 12.7 Å². The summed E-state index contributed by atoms with van der Waals surface area (Å²) < 4.78 is 11.9. The number of carbonyl (C=O) groups excluding carboxylic acids is 1. The fourth-order valence-corrected chi connectivity index (χ4v) is 3.11. The molecule has 8 nitrogen and oxygen atoms in total. The lowest BCUT2D eigenvalue weighted by Gasteiger charge is -2.16. The lowest BCUT2D eigenvalue weighted by Crippen LogP contribution is -2.33. The summed E-state index contributed by atoms with van der Waals surface area (Å²) in [5, 5.41) is 7.24. The molecule has 0 saturated carbocycles. The zero-order valence-electron chi connectivity index (χ0n) is 17.0. The van der Waals surface area contributed by atoms with Crippen molar-refractivity contribution in [2.45, 2.75) is 13.0 Å². The van der Waals surface area contributed by atoms with Gasteiger partial charge in [0.15, 0.2) is 11.5 Å². The summed E-state index contributed by atoms with van der Waals surface area (Å²) in [4.78, 5) is 27.1. The van der Waals surface area contributed by atoms with Crippen molar-refractivity contribution in [1.29, 1.82) is 0 Å². The van der Waals surface area contributed by atoms with Gasteiger partial charge in [0.25, 0.3) is 5.56 Å². The second-order valence-corrected chi connectivity index (χ2v) is 7.18. The summed E-state index contributed by atoms with van der Waals surface area (Å²) >= 11 is 0. The molecule has 0 aliphatic carbocycles. The molecule has 0 fully saturated rings. The van der Waals surface area contributed by atoms with Crippen molar-refractivity contribution in [3.8, 4) is 22.8 Å². The van der Waals surface area contributed by atoms with E-state index in [2.05, 4.69) is 10.4 Å². The Morgan fingerprint density at radius 1 is 1.07 bits per heavy atom. The summed E-state index contributed by atoms with van der Waals surface area (Å²) in [6, 6.07) is 15.1. The molecule has 0 spiro atoms. The lowest BCUT2D eigenvalue weighted by molar-refractivity contribution is -0.119. The van der Waals surface area contributed by atoms with Crippen molar-refractivity contribution in [3.05, 3.63) is 65.0 Å². The van der Waals surface area contributed by atoms with Gasteiger partial charge in [-0.2, -0.15) is 5.10 Å². The Hall–Kier alpha value is -3.81. The van der Waals surface area contributed by atoms with Crippen LogP contribution < -0.4 is 25.2 Å². The summed E-state index contributed by atoms with van der Waals surface area (Å²) in [6.07, 6.45) is 0. The smallest absolute Gasteiger partial charge is 0.267 e. The standard InChI is InChI=1S/C22H22N4O4/c1-14(22(28)23-16-5-7-17(8-6-16)25(2)3)26-21(27)11-9-18(24-26)15-4-10-19-20(12-15)30-13-29-19/h4-12,14H,13H2,1-3H3,(H,23,28). The predicted molar refractivity (Wildman–Crippen MR) is 114 cm³/mol. The van der Waals surface area contributed by atoms with Gasteiger partial charge in [-0.3, -0.25) is 9.59 Å². The molecule has 2 heterocycles. The number of amides is 1. The van der Waals surface area contributed by atoms with E-state index in [1.165, 1.54) is 10.7 Å². The monoisotopic (exact) mass is 406 g/mol. The first-order valence-electron chi connectivity index (χ1n) is 9.50. The van der Waals surface area contributed by atoms with Gasteiger partial charge in [-0.1, -0.05) is 0 Å². The SMILES string of the molecule is CC(C(=O)Nc1ccc(N(C)C)cc1)n1nc(-c2ccc3c(c2)OCO3)ccc1=O. The molecular formula is C22H22N4O4. The molecule has 30 heavy (non-hydrogen) atoms. The quantitative estimate of drug-likeness (QED) is 0.701. The van der Waals surface area contributed by atoms with E-state index in [-0.39, 0.29) is 18.3 Å². The Balaban J connectivity index is 1.56. The minimum Gasteiger partial charge on any atom is -0.454 e. The first-order valence-corrected chi connectivity index (χ1v) is 9.50. The Morgan fingerprint density at radius 3 is 2.53 bits per heavy atom. The highest BCUT2D eigenvalue weighted by Crippen LogP contribution is 2.35. The van der Waals surface area contributed by atoms with E-state index < -0.39 is 6.04 Å². The number of nitrogens with zero attached hydrogens (tertiary/aromatic N) is 3. The normalized spacial score (nSPS) is 13.0. The van der Waals surface area contributed by atoms with Gasteiger partial charge in [-0.25, -0.2) is 4.68 Å². The average molecular weight is 406 g/mol. The lowest BCUT2D eigenvalue weighted by atomic mass is 10.1. The highest BCUT2D eigenvalue weighted by molar-refractivity contribution is 5.93. The molecule has 4 rings (SSSR count). The maximum absolute atomic E-state index is 12.7. The number of aromatic nitrogens is 2. The van der Waals surface area contributed by atoms with Crippen LogP contribution in [-0.4, -0.2) is 36.6 Å². The number of fused-ring (bicyclic) bond motifs is 1. The molecule has 3 aromatic rings. The Bertz CT molecular complexity index is 1140. The van der Waals surface area contributed by atoms with Crippen molar-refractivity contribution in [3.63, 3.8) is 0 Å². The number of hydrogen-bond donors (Lipinski definition) is 1. The topological polar surface area (TPSA) is 85.7 Å². The van der Waals surface area contributed by atoms with E-state index in [1.807, 2.05) is 49.3 Å². The maximum Gasteiger partial charge on any atom is 0.267 e. The summed E-state index contributed by atoms with van der Waals surface area (Å²) in [5.41, 5.74) is 2.64. The molecule has 0 radical (unpaired) electrons. The van der Waals surface area contributed by atoms with Gasteiger partial charge in [-0.05, 0) is 55.5 Å². The van der Waals surface area contributed by atoms with Gasteiger partial charge >= 0.3 is 0 Å². The number of rotatable bonds is 5. The fourth-order valence-electron chi connectivity index (χ4n) is 3.11. The van der Waals surface area contributed by atoms with Crippen LogP contribution in [0.5, 0.6) is 11.5 Å². The summed E-state index contributed by atoms with van der Waals surface area (Å²) in [7, 11) is 3.89. The van der Waals surface area contributed by atoms with Crippen molar-refractivity contribution in [2.75, 3.05) is 31.1 Å². The zero-order chi connectivity index (χ0) is 21.3. The van der Waals surface area contributed by atoms with Gasteiger partial charge in [0.05, 0.1) is 5.69 Å². The molecular weight excluding hydrogens is 384 g/mol. The van der Waals surface area contributed by atoms with E-state index in [0.29, 0.717) is 22.9 Å². The molecule has 154 valence electrons. The van der Waals surface area contributed by atoms with Crippen LogP contribution in [0.1, 0.15) is 13.0 Å². The molecule has 1 aliphatic rings. The Labute approximate surface area is 173 Å². The molecule has 0 saturated heterocycles. The van der Waals surface area contributed by atoms with Gasteiger partial charge in [-0.15, -0.1) is 0 Å². The number of carbonyl (C=O) groups is 1. The van der Waals surface area contributed by atoms with Crippen LogP contribution >= 0.6 is 0 Å². The van der Waals surface area contributed by atoms with E-state index in [1.54, 1.807) is 25.1 Å². The third-order valence-corrected chi connectivity index (χ3v) is 4.89. The molecule has 1 aliphatic heterocycles. The number of benzene rings is 2. The first-order chi connectivity index (χ1) is 14.4. The highest BCUT2D eigenvalue weighted by atomic mass is 16.7. The minimum absolute atomic E-state index is 0.179. The largest absolute Gasteiger partial charge is 0.454 e. The number of nitrogens with one attached hydrogen (secondary N) is 1.